The molecule has 1 aromatic carbocycles. The van der Waals surface area contributed by atoms with E-state index in [1.165, 1.54) is 12.1 Å². The molecule has 2 N–H and O–H groups in total. The number of nitrogen functional groups attached to an aromatic ring is 1. The highest BCUT2D eigenvalue weighted by Crippen LogP contribution is 2.18. The molecule has 1 atom stereocenters. The quantitative estimate of drug-likeness (QED) is 0.793. The zero-order valence-electron chi connectivity index (χ0n) is 9.45. The summed E-state index contributed by atoms with van der Waals surface area (Å²) in [5.74, 6) is -0.284. The van der Waals surface area contributed by atoms with Crippen LogP contribution in [-0.4, -0.2) is 31.2 Å². The van der Waals surface area contributed by atoms with Crippen molar-refractivity contribution in [3.8, 4) is 0 Å². The molecule has 0 spiro atoms. The lowest BCUT2D eigenvalue weighted by atomic mass is 10.1. The lowest BCUT2D eigenvalue weighted by Gasteiger charge is -2.23. The molecular formula is C12H17FN2O. The number of rotatable bonds is 3. The van der Waals surface area contributed by atoms with Gasteiger partial charge in [0.1, 0.15) is 5.82 Å². The topological polar surface area (TPSA) is 38.5 Å². The average Bonchev–Trinajstić information content (AvgIpc) is 2.75. The first-order valence-electron chi connectivity index (χ1n) is 5.48. The molecule has 1 heterocycles. The van der Waals surface area contributed by atoms with Crippen LogP contribution in [-0.2, 0) is 11.3 Å². The Morgan fingerprint density at radius 3 is 3.00 bits per heavy atom. The molecule has 1 unspecified atom stereocenters. The molecule has 0 radical (unpaired) electrons. The van der Waals surface area contributed by atoms with Crippen molar-refractivity contribution in [1.29, 1.82) is 0 Å². The number of nitrogens with two attached hydrogens (primary N) is 1. The van der Waals surface area contributed by atoms with E-state index in [2.05, 4.69) is 4.90 Å². The van der Waals surface area contributed by atoms with E-state index < -0.39 is 0 Å². The van der Waals surface area contributed by atoms with Crippen LogP contribution in [0.5, 0.6) is 0 Å². The highest BCUT2D eigenvalue weighted by atomic mass is 19.1. The molecule has 1 fully saturated rings. The number of nitrogens with zero attached hydrogens (tertiary/aromatic N) is 1. The zero-order chi connectivity index (χ0) is 11.5. The van der Waals surface area contributed by atoms with Gasteiger partial charge in [-0.1, -0.05) is 6.07 Å². The maximum Gasteiger partial charge on any atom is 0.125 e. The van der Waals surface area contributed by atoms with Crippen LogP contribution in [0.25, 0.3) is 0 Å². The van der Waals surface area contributed by atoms with Crippen molar-refractivity contribution in [1.82, 2.24) is 4.90 Å². The third kappa shape index (κ3) is 2.51. The Hall–Kier alpha value is -1.13. The Bertz CT molecular complexity index is 364. The normalized spacial score (nSPS) is 20.6. The Balaban J connectivity index is 2.02. The number of benzene rings is 1. The molecule has 1 aliphatic rings. The van der Waals surface area contributed by atoms with E-state index in [1.807, 2.05) is 7.05 Å². The van der Waals surface area contributed by atoms with Gasteiger partial charge in [0.25, 0.3) is 0 Å². The van der Waals surface area contributed by atoms with Crippen molar-refractivity contribution >= 4 is 5.69 Å². The number of ether oxygens (including phenoxy) is 1. The van der Waals surface area contributed by atoms with Crippen molar-refractivity contribution in [2.24, 2.45) is 0 Å². The molecule has 16 heavy (non-hydrogen) atoms. The van der Waals surface area contributed by atoms with Crippen LogP contribution < -0.4 is 5.73 Å². The van der Waals surface area contributed by atoms with Crippen molar-refractivity contribution in [3.63, 3.8) is 0 Å². The van der Waals surface area contributed by atoms with Crippen LogP contribution in [0.4, 0.5) is 10.1 Å². The van der Waals surface area contributed by atoms with Crippen molar-refractivity contribution in [3.05, 3.63) is 29.6 Å². The van der Waals surface area contributed by atoms with Crippen LogP contribution in [0.2, 0.25) is 0 Å². The fourth-order valence-corrected chi connectivity index (χ4v) is 1.98. The fourth-order valence-electron chi connectivity index (χ4n) is 1.98. The van der Waals surface area contributed by atoms with Gasteiger partial charge in [0.05, 0.1) is 6.61 Å². The molecule has 0 amide bonds. The Morgan fingerprint density at radius 1 is 1.56 bits per heavy atom. The van der Waals surface area contributed by atoms with Gasteiger partial charge >= 0.3 is 0 Å². The molecule has 1 aromatic rings. The average molecular weight is 224 g/mol. The first kappa shape index (κ1) is 11.4. The van der Waals surface area contributed by atoms with Gasteiger partial charge in [0, 0.05) is 24.9 Å². The maximum absolute atomic E-state index is 12.9. The van der Waals surface area contributed by atoms with E-state index in [0.29, 0.717) is 11.7 Å². The summed E-state index contributed by atoms with van der Waals surface area (Å²) in [6.45, 7) is 2.34. The summed E-state index contributed by atoms with van der Waals surface area (Å²) in [6.07, 6.45) is 1.05. The molecule has 1 saturated heterocycles. The molecule has 0 bridgehead atoms. The largest absolute Gasteiger partial charge is 0.398 e. The van der Waals surface area contributed by atoms with Gasteiger partial charge in [-0.15, -0.1) is 0 Å². The molecule has 0 saturated carbocycles. The summed E-state index contributed by atoms with van der Waals surface area (Å²) in [5, 5.41) is 0. The Kier molecular flexibility index (Phi) is 3.41. The van der Waals surface area contributed by atoms with E-state index in [0.717, 1.165) is 31.7 Å². The van der Waals surface area contributed by atoms with Gasteiger partial charge in [-0.05, 0) is 31.2 Å². The number of halogens is 1. The van der Waals surface area contributed by atoms with Gasteiger partial charge in [-0.3, -0.25) is 4.90 Å². The molecule has 0 aromatic heterocycles. The highest BCUT2D eigenvalue weighted by Gasteiger charge is 2.20. The van der Waals surface area contributed by atoms with Crippen molar-refractivity contribution < 1.29 is 9.13 Å². The molecule has 0 aliphatic carbocycles. The van der Waals surface area contributed by atoms with Crippen LogP contribution in [0.1, 0.15) is 12.0 Å². The second kappa shape index (κ2) is 4.80. The molecule has 1 aliphatic heterocycles. The van der Waals surface area contributed by atoms with Gasteiger partial charge < -0.3 is 10.5 Å². The lowest BCUT2D eigenvalue weighted by molar-refractivity contribution is 0.156. The Labute approximate surface area is 95.0 Å². The van der Waals surface area contributed by atoms with Crippen molar-refractivity contribution in [2.75, 3.05) is 26.0 Å². The summed E-state index contributed by atoms with van der Waals surface area (Å²) in [4.78, 5) is 2.20. The molecule has 88 valence electrons. The number of likely N-dealkylation sites (N-methyl/N-ethyl adjacent to an activating group) is 1. The minimum absolute atomic E-state index is 0.284. The molecular weight excluding hydrogens is 207 g/mol. The standard InChI is InChI=1S/C12H17FN2O/c1-15(11-4-5-16-8-11)7-9-2-3-10(13)6-12(9)14/h2-3,6,11H,4-5,7-8,14H2,1H3. The van der Waals surface area contributed by atoms with Crippen LogP contribution >= 0.6 is 0 Å². The van der Waals surface area contributed by atoms with E-state index in [-0.39, 0.29) is 5.82 Å². The first-order valence-corrected chi connectivity index (χ1v) is 5.48. The summed E-state index contributed by atoms with van der Waals surface area (Å²) >= 11 is 0. The smallest absolute Gasteiger partial charge is 0.125 e. The maximum atomic E-state index is 12.9. The first-order chi connectivity index (χ1) is 7.66. The second-order valence-corrected chi connectivity index (χ2v) is 4.28. The fraction of sp³-hybridized carbons (Fsp3) is 0.500. The van der Waals surface area contributed by atoms with Crippen molar-refractivity contribution in [2.45, 2.75) is 19.0 Å². The van der Waals surface area contributed by atoms with Gasteiger partial charge in [0.2, 0.25) is 0 Å². The highest BCUT2D eigenvalue weighted by molar-refractivity contribution is 5.46. The predicted octanol–water partition coefficient (Wildman–Crippen LogP) is 1.63. The van der Waals surface area contributed by atoms with E-state index in [1.54, 1.807) is 6.07 Å². The third-order valence-corrected chi connectivity index (χ3v) is 3.06. The third-order valence-electron chi connectivity index (χ3n) is 3.06. The molecule has 4 heteroatoms. The number of anilines is 1. The number of hydrogen-bond donors (Lipinski definition) is 1. The minimum atomic E-state index is -0.284. The zero-order valence-corrected chi connectivity index (χ0v) is 9.45. The van der Waals surface area contributed by atoms with E-state index in [9.17, 15) is 4.39 Å². The predicted molar refractivity (Wildman–Crippen MR) is 61.5 cm³/mol. The van der Waals surface area contributed by atoms with Gasteiger partial charge in [0.15, 0.2) is 0 Å². The van der Waals surface area contributed by atoms with Gasteiger partial charge in [-0.25, -0.2) is 4.39 Å². The summed E-state index contributed by atoms with van der Waals surface area (Å²) in [7, 11) is 2.04. The molecule has 2 rings (SSSR count). The SMILES string of the molecule is CN(Cc1ccc(F)cc1N)C1CCOC1. The van der Waals surface area contributed by atoms with Gasteiger partial charge in [-0.2, -0.15) is 0 Å². The number of hydrogen-bond acceptors (Lipinski definition) is 3. The Morgan fingerprint density at radius 2 is 2.38 bits per heavy atom. The lowest BCUT2D eigenvalue weighted by Crippen LogP contribution is -2.31. The van der Waals surface area contributed by atoms with Crippen LogP contribution in [0.15, 0.2) is 18.2 Å². The minimum Gasteiger partial charge on any atom is -0.398 e. The summed E-state index contributed by atoms with van der Waals surface area (Å²) in [6, 6.07) is 5.01. The van der Waals surface area contributed by atoms with Crippen LogP contribution in [0, 0.1) is 5.82 Å². The van der Waals surface area contributed by atoms with E-state index in [4.69, 9.17) is 10.5 Å². The van der Waals surface area contributed by atoms with E-state index >= 15 is 0 Å². The summed E-state index contributed by atoms with van der Waals surface area (Å²) in [5.41, 5.74) is 7.26. The van der Waals surface area contributed by atoms with Crippen LogP contribution in [0.3, 0.4) is 0 Å². The monoisotopic (exact) mass is 224 g/mol. The molecule has 3 nitrogen and oxygen atoms in total. The summed E-state index contributed by atoms with van der Waals surface area (Å²) < 4.78 is 18.2. The second-order valence-electron chi connectivity index (χ2n) is 4.28.